The van der Waals surface area contributed by atoms with Gasteiger partial charge >= 0.3 is 5.97 Å². The van der Waals surface area contributed by atoms with Crippen molar-refractivity contribution in [1.29, 1.82) is 0 Å². The smallest absolute Gasteiger partial charge is 0.328 e. The Morgan fingerprint density at radius 3 is 2.50 bits per heavy atom. The van der Waals surface area contributed by atoms with E-state index in [2.05, 4.69) is 5.32 Å². The molecule has 20 heavy (non-hydrogen) atoms. The van der Waals surface area contributed by atoms with Crippen LogP contribution in [0.1, 0.15) is 24.2 Å². The minimum Gasteiger partial charge on any atom is -0.497 e. The van der Waals surface area contributed by atoms with Crippen LogP contribution in [0.25, 0.3) is 0 Å². The second-order valence-electron chi connectivity index (χ2n) is 4.01. The molecule has 1 aromatic rings. The molecule has 0 heterocycles. The number of benzene rings is 1. The quantitative estimate of drug-likeness (QED) is 0.797. The summed E-state index contributed by atoms with van der Waals surface area (Å²) in [5, 5.41) is 2.56. The molecule has 1 amide bonds. The molecule has 1 aromatic carbocycles. The van der Waals surface area contributed by atoms with Crippen LogP contribution in [0.4, 0.5) is 0 Å². The fraction of sp³-hybridized carbons (Fsp3) is 0.429. The zero-order valence-corrected chi connectivity index (χ0v) is 12.1. The summed E-state index contributed by atoms with van der Waals surface area (Å²) >= 11 is 0. The largest absolute Gasteiger partial charge is 0.497 e. The molecule has 0 radical (unpaired) electrons. The molecule has 1 atom stereocenters. The van der Waals surface area contributed by atoms with Gasteiger partial charge in [-0.1, -0.05) is 0 Å². The number of nitrogens with one attached hydrogen (secondary N) is 1. The van der Waals surface area contributed by atoms with E-state index in [9.17, 15) is 9.59 Å². The molecule has 0 aromatic heterocycles. The van der Waals surface area contributed by atoms with Crippen LogP contribution in [0.5, 0.6) is 11.5 Å². The van der Waals surface area contributed by atoms with Gasteiger partial charge in [0.05, 0.1) is 26.4 Å². The molecule has 1 unspecified atom stereocenters. The predicted molar refractivity (Wildman–Crippen MR) is 73.1 cm³/mol. The molecule has 1 rings (SSSR count). The third kappa shape index (κ3) is 3.88. The van der Waals surface area contributed by atoms with Crippen LogP contribution in [0.15, 0.2) is 18.2 Å². The molecule has 0 saturated heterocycles. The van der Waals surface area contributed by atoms with Gasteiger partial charge in [0.1, 0.15) is 17.5 Å². The Bertz CT molecular complexity index is 486. The van der Waals surface area contributed by atoms with Crippen LogP contribution in [-0.2, 0) is 9.53 Å². The Kier molecular flexibility index (Phi) is 5.83. The van der Waals surface area contributed by atoms with Gasteiger partial charge in [0, 0.05) is 6.07 Å². The van der Waals surface area contributed by atoms with E-state index >= 15 is 0 Å². The van der Waals surface area contributed by atoms with Gasteiger partial charge in [0.15, 0.2) is 0 Å². The molecule has 110 valence electrons. The number of carbonyl (C=O) groups is 2. The van der Waals surface area contributed by atoms with Crippen molar-refractivity contribution in [1.82, 2.24) is 5.32 Å². The number of rotatable bonds is 6. The number of amides is 1. The fourth-order valence-electron chi connectivity index (χ4n) is 1.59. The first-order valence-corrected chi connectivity index (χ1v) is 6.23. The lowest BCUT2D eigenvalue weighted by atomic mass is 10.1. The molecule has 1 N–H and O–H groups in total. The standard InChI is InChI=1S/C14H19NO5/c1-5-20-14(17)9(2)15-13(16)11-7-6-10(18-3)8-12(11)19-4/h6-9H,5H2,1-4H3,(H,15,16). The van der Waals surface area contributed by atoms with E-state index < -0.39 is 17.9 Å². The molecule has 0 saturated carbocycles. The minimum atomic E-state index is -0.728. The Balaban J connectivity index is 2.84. The number of ether oxygens (including phenoxy) is 3. The number of esters is 1. The molecule has 0 bridgehead atoms. The Hall–Kier alpha value is -2.24. The highest BCUT2D eigenvalue weighted by molar-refractivity contribution is 5.99. The SMILES string of the molecule is CCOC(=O)C(C)NC(=O)c1ccc(OC)cc1OC. The highest BCUT2D eigenvalue weighted by atomic mass is 16.5. The Morgan fingerprint density at radius 1 is 1.25 bits per heavy atom. The second-order valence-corrected chi connectivity index (χ2v) is 4.01. The monoisotopic (exact) mass is 281 g/mol. The molecular weight excluding hydrogens is 262 g/mol. The highest BCUT2D eigenvalue weighted by Gasteiger charge is 2.20. The van der Waals surface area contributed by atoms with Gasteiger partial charge in [-0.15, -0.1) is 0 Å². The van der Waals surface area contributed by atoms with E-state index in [0.717, 1.165) is 0 Å². The van der Waals surface area contributed by atoms with Crippen LogP contribution >= 0.6 is 0 Å². The van der Waals surface area contributed by atoms with Crippen LogP contribution < -0.4 is 14.8 Å². The van der Waals surface area contributed by atoms with Gasteiger partial charge in [-0.05, 0) is 26.0 Å². The number of hydrogen-bond acceptors (Lipinski definition) is 5. The van der Waals surface area contributed by atoms with Crippen LogP contribution in [0.2, 0.25) is 0 Å². The van der Waals surface area contributed by atoms with Gasteiger partial charge in [-0.3, -0.25) is 4.79 Å². The third-order valence-electron chi connectivity index (χ3n) is 2.64. The van der Waals surface area contributed by atoms with Crippen molar-refractivity contribution in [2.75, 3.05) is 20.8 Å². The zero-order chi connectivity index (χ0) is 15.1. The summed E-state index contributed by atoms with van der Waals surface area (Å²) < 4.78 is 15.0. The third-order valence-corrected chi connectivity index (χ3v) is 2.64. The van der Waals surface area contributed by atoms with Crippen molar-refractivity contribution in [3.8, 4) is 11.5 Å². The van der Waals surface area contributed by atoms with Crippen LogP contribution in [0, 0.1) is 0 Å². The number of methoxy groups -OCH3 is 2. The summed E-state index contributed by atoms with van der Waals surface area (Å²) in [4.78, 5) is 23.6. The van der Waals surface area contributed by atoms with E-state index in [1.54, 1.807) is 32.0 Å². The zero-order valence-electron chi connectivity index (χ0n) is 12.1. The molecule has 0 aliphatic carbocycles. The van der Waals surface area contributed by atoms with E-state index in [4.69, 9.17) is 14.2 Å². The average Bonchev–Trinajstić information content (AvgIpc) is 2.46. The van der Waals surface area contributed by atoms with Gasteiger partial charge in [-0.25, -0.2) is 4.79 Å². The lowest BCUT2D eigenvalue weighted by molar-refractivity contribution is -0.144. The van der Waals surface area contributed by atoms with E-state index in [1.165, 1.54) is 14.2 Å². The van der Waals surface area contributed by atoms with Gasteiger partial charge in [0.25, 0.3) is 5.91 Å². The summed E-state index contributed by atoms with van der Waals surface area (Å²) in [6.07, 6.45) is 0. The van der Waals surface area contributed by atoms with Gasteiger partial charge in [-0.2, -0.15) is 0 Å². The summed E-state index contributed by atoms with van der Waals surface area (Å²) in [6.45, 7) is 3.54. The first-order chi connectivity index (χ1) is 9.53. The van der Waals surface area contributed by atoms with Crippen molar-refractivity contribution in [3.63, 3.8) is 0 Å². The Morgan fingerprint density at radius 2 is 1.95 bits per heavy atom. The van der Waals surface area contributed by atoms with Crippen molar-refractivity contribution in [3.05, 3.63) is 23.8 Å². The predicted octanol–water partition coefficient (Wildman–Crippen LogP) is 1.39. The maximum Gasteiger partial charge on any atom is 0.328 e. The van der Waals surface area contributed by atoms with Gasteiger partial charge < -0.3 is 19.5 Å². The lowest BCUT2D eigenvalue weighted by Crippen LogP contribution is -2.39. The van der Waals surface area contributed by atoms with Crippen molar-refractivity contribution in [2.45, 2.75) is 19.9 Å². The van der Waals surface area contributed by atoms with Crippen molar-refractivity contribution in [2.24, 2.45) is 0 Å². The maximum absolute atomic E-state index is 12.1. The molecule has 6 nitrogen and oxygen atoms in total. The summed E-state index contributed by atoms with van der Waals surface area (Å²) in [7, 11) is 2.98. The number of carbonyl (C=O) groups excluding carboxylic acids is 2. The van der Waals surface area contributed by atoms with Crippen molar-refractivity contribution >= 4 is 11.9 Å². The molecule has 0 aliphatic heterocycles. The van der Waals surface area contributed by atoms with Crippen molar-refractivity contribution < 1.29 is 23.8 Å². The molecule has 0 spiro atoms. The summed E-state index contributed by atoms with van der Waals surface area (Å²) in [5.74, 6) is 0.0631. The molecule has 0 aliphatic rings. The fourth-order valence-corrected chi connectivity index (χ4v) is 1.59. The summed E-state index contributed by atoms with van der Waals surface area (Å²) in [5.41, 5.74) is 0.324. The lowest BCUT2D eigenvalue weighted by Gasteiger charge is -2.14. The maximum atomic E-state index is 12.1. The first-order valence-electron chi connectivity index (χ1n) is 6.23. The number of hydrogen-bond donors (Lipinski definition) is 1. The van der Waals surface area contributed by atoms with E-state index in [1.807, 2.05) is 0 Å². The molecule has 0 fully saturated rings. The van der Waals surface area contributed by atoms with Crippen LogP contribution in [0.3, 0.4) is 0 Å². The van der Waals surface area contributed by atoms with Crippen LogP contribution in [-0.4, -0.2) is 38.7 Å². The average molecular weight is 281 g/mol. The minimum absolute atomic E-state index is 0.269. The normalized spacial score (nSPS) is 11.4. The molecular formula is C14H19NO5. The van der Waals surface area contributed by atoms with E-state index in [-0.39, 0.29) is 6.61 Å². The first kappa shape index (κ1) is 15.8. The second kappa shape index (κ2) is 7.37. The van der Waals surface area contributed by atoms with E-state index in [0.29, 0.717) is 17.1 Å². The summed E-state index contributed by atoms with van der Waals surface area (Å²) in [6, 6.07) is 4.09. The highest BCUT2D eigenvalue weighted by Crippen LogP contribution is 2.24. The molecule has 6 heteroatoms. The van der Waals surface area contributed by atoms with Gasteiger partial charge in [0.2, 0.25) is 0 Å². The Labute approximate surface area is 118 Å². The topological polar surface area (TPSA) is 73.9 Å².